The molecule has 0 aliphatic rings. The number of rotatable bonds is 7. The third-order valence-corrected chi connectivity index (χ3v) is 5.33. The van der Waals surface area contributed by atoms with Crippen LogP contribution in [0.1, 0.15) is 24.2 Å². The van der Waals surface area contributed by atoms with Gasteiger partial charge in [-0.3, -0.25) is 23.7 Å². The second-order valence-electron chi connectivity index (χ2n) is 6.79. The minimum absolute atomic E-state index is 0.0578. The van der Waals surface area contributed by atoms with Crippen molar-refractivity contribution in [2.75, 3.05) is 11.5 Å². The molecule has 3 rings (SSSR count). The van der Waals surface area contributed by atoms with E-state index in [0.29, 0.717) is 16.7 Å². The number of Topliss-reactive ketones (excluding diaryl/α,β-unsaturated/α-hetero) is 1. The fourth-order valence-electron chi connectivity index (χ4n) is 2.80. The van der Waals surface area contributed by atoms with Crippen LogP contribution in [0.3, 0.4) is 0 Å². The molecule has 29 heavy (non-hydrogen) atoms. The highest BCUT2D eigenvalue weighted by Gasteiger charge is 2.20. The van der Waals surface area contributed by atoms with Gasteiger partial charge < -0.3 is 5.73 Å². The molecule has 0 aliphatic heterocycles. The largest absolute Gasteiger partial charge is 0.384 e. The summed E-state index contributed by atoms with van der Waals surface area (Å²) in [6.07, 6.45) is 3.38. The molecule has 8 nitrogen and oxygen atoms in total. The number of H-pyrrole nitrogens is 1. The Balaban J connectivity index is 1.84. The number of nitrogens with two attached hydrogens (primary N) is 1. The van der Waals surface area contributed by atoms with E-state index in [4.69, 9.17) is 17.3 Å². The van der Waals surface area contributed by atoms with Gasteiger partial charge in [0.25, 0.3) is 5.56 Å². The molecule has 0 atom stereocenters. The van der Waals surface area contributed by atoms with Crippen LogP contribution in [-0.4, -0.2) is 30.6 Å². The van der Waals surface area contributed by atoms with Crippen LogP contribution in [0, 0.1) is 5.92 Å². The molecule has 0 aliphatic carbocycles. The lowest BCUT2D eigenvalue weighted by molar-refractivity contribution is 0.102. The summed E-state index contributed by atoms with van der Waals surface area (Å²) in [5.41, 5.74) is 5.23. The Bertz CT molecular complexity index is 1150. The van der Waals surface area contributed by atoms with Crippen LogP contribution < -0.4 is 17.0 Å². The van der Waals surface area contributed by atoms with Gasteiger partial charge in [0.15, 0.2) is 10.9 Å². The maximum atomic E-state index is 12.7. The van der Waals surface area contributed by atoms with E-state index in [1.54, 1.807) is 24.5 Å². The normalized spacial score (nSPS) is 11.2. The standard InChI is InChI=1S/C19H20ClN5O3S/c1-11(2)9-25-16(21)15(17(27)23-18(25)28)14(26)10-29-19-22-7-8-24(19)13-5-3-12(20)4-6-13/h3-8,11H,9-10,21H2,1-2H3,(H,23,27,28). The number of imidazole rings is 1. The van der Waals surface area contributed by atoms with E-state index >= 15 is 0 Å². The van der Waals surface area contributed by atoms with Crippen LogP contribution in [0.25, 0.3) is 5.69 Å². The van der Waals surface area contributed by atoms with Crippen molar-refractivity contribution in [3.05, 3.63) is 68.1 Å². The van der Waals surface area contributed by atoms with E-state index in [-0.39, 0.29) is 23.1 Å². The number of anilines is 1. The van der Waals surface area contributed by atoms with Crippen molar-refractivity contribution >= 4 is 35.0 Å². The number of nitrogens with zero attached hydrogens (tertiary/aromatic N) is 3. The zero-order chi connectivity index (χ0) is 21.1. The van der Waals surface area contributed by atoms with E-state index in [1.807, 2.05) is 30.5 Å². The molecule has 0 saturated carbocycles. The van der Waals surface area contributed by atoms with Crippen LogP contribution in [0.2, 0.25) is 5.02 Å². The molecule has 1 aromatic carbocycles. The molecule has 0 unspecified atom stereocenters. The molecule has 0 radical (unpaired) electrons. The van der Waals surface area contributed by atoms with E-state index in [2.05, 4.69) is 9.97 Å². The Morgan fingerprint density at radius 2 is 1.97 bits per heavy atom. The smallest absolute Gasteiger partial charge is 0.329 e. The van der Waals surface area contributed by atoms with Crippen LogP contribution in [0.5, 0.6) is 0 Å². The molecule has 3 N–H and O–H groups in total. The van der Waals surface area contributed by atoms with Crippen LogP contribution in [0.15, 0.2) is 51.4 Å². The molecule has 0 saturated heterocycles. The van der Waals surface area contributed by atoms with Gasteiger partial charge in [-0.25, -0.2) is 9.78 Å². The van der Waals surface area contributed by atoms with E-state index < -0.39 is 17.0 Å². The molecular formula is C19H20ClN5O3S. The summed E-state index contributed by atoms with van der Waals surface area (Å²) in [6.45, 7) is 4.12. The first-order valence-corrected chi connectivity index (χ1v) is 10.2. The molecule has 3 aromatic rings. The Hall–Kier alpha value is -2.78. The van der Waals surface area contributed by atoms with Gasteiger partial charge in [0.2, 0.25) is 0 Å². The molecular weight excluding hydrogens is 414 g/mol. The average Bonchev–Trinajstić information content (AvgIpc) is 3.12. The van der Waals surface area contributed by atoms with Gasteiger partial charge in [0.1, 0.15) is 11.4 Å². The maximum Gasteiger partial charge on any atom is 0.329 e. The SMILES string of the molecule is CC(C)Cn1c(N)c(C(=O)CSc2nccn2-c2ccc(Cl)cc2)c(=O)[nH]c1=O. The third kappa shape index (κ3) is 4.63. The van der Waals surface area contributed by atoms with Gasteiger partial charge in [-0.15, -0.1) is 0 Å². The number of halogens is 1. The summed E-state index contributed by atoms with van der Waals surface area (Å²) >= 11 is 7.10. The van der Waals surface area contributed by atoms with E-state index in [1.165, 1.54) is 16.3 Å². The predicted molar refractivity (Wildman–Crippen MR) is 114 cm³/mol. The Morgan fingerprint density at radius 3 is 2.62 bits per heavy atom. The Morgan fingerprint density at radius 1 is 1.28 bits per heavy atom. The lowest BCUT2D eigenvalue weighted by Gasteiger charge is -2.14. The zero-order valence-corrected chi connectivity index (χ0v) is 17.5. The van der Waals surface area contributed by atoms with Gasteiger partial charge in [0, 0.05) is 29.6 Å². The number of hydrogen-bond acceptors (Lipinski definition) is 6. The maximum absolute atomic E-state index is 12.7. The highest BCUT2D eigenvalue weighted by Crippen LogP contribution is 2.23. The number of aromatic amines is 1. The number of nitrogen functional groups attached to an aromatic ring is 1. The van der Waals surface area contributed by atoms with Crippen molar-refractivity contribution in [3.63, 3.8) is 0 Å². The number of benzene rings is 1. The van der Waals surface area contributed by atoms with E-state index in [9.17, 15) is 14.4 Å². The van der Waals surface area contributed by atoms with Crippen LogP contribution in [-0.2, 0) is 6.54 Å². The number of carbonyl (C=O) groups is 1. The summed E-state index contributed by atoms with van der Waals surface area (Å²) < 4.78 is 3.03. The van der Waals surface area contributed by atoms with Crippen molar-refractivity contribution in [1.82, 2.24) is 19.1 Å². The number of ketones is 1. The molecule has 0 spiro atoms. The summed E-state index contributed by atoms with van der Waals surface area (Å²) in [5, 5.41) is 1.19. The summed E-state index contributed by atoms with van der Waals surface area (Å²) in [6, 6.07) is 7.18. The first-order valence-electron chi connectivity index (χ1n) is 8.85. The number of thioether (sulfide) groups is 1. The molecule has 0 fully saturated rings. The van der Waals surface area contributed by atoms with Crippen LogP contribution >= 0.6 is 23.4 Å². The van der Waals surface area contributed by atoms with Gasteiger partial charge in [0.05, 0.1) is 5.75 Å². The Labute approximate surface area is 175 Å². The lowest BCUT2D eigenvalue weighted by atomic mass is 10.2. The van der Waals surface area contributed by atoms with Crippen molar-refractivity contribution in [3.8, 4) is 5.69 Å². The minimum atomic E-state index is -0.779. The van der Waals surface area contributed by atoms with Gasteiger partial charge in [-0.1, -0.05) is 37.2 Å². The Kier molecular flexibility index (Phi) is 6.29. The highest BCUT2D eigenvalue weighted by atomic mass is 35.5. The number of carbonyl (C=O) groups excluding carboxylic acids is 1. The minimum Gasteiger partial charge on any atom is -0.384 e. The van der Waals surface area contributed by atoms with Crippen molar-refractivity contribution < 1.29 is 4.79 Å². The second-order valence-corrected chi connectivity index (χ2v) is 8.17. The first-order chi connectivity index (χ1) is 13.8. The summed E-state index contributed by atoms with van der Waals surface area (Å²) in [7, 11) is 0. The molecule has 2 heterocycles. The average molecular weight is 434 g/mol. The fourth-order valence-corrected chi connectivity index (χ4v) is 3.77. The van der Waals surface area contributed by atoms with Gasteiger partial charge >= 0.3 is 5.69 Å². The molecule has 10 heteroatoms. The predicted octanol–water partition coefficient (Wildman–Crippen LogP) is 2.59. The third-order valence-electron chi connectivity index (χ3n) is 4.11. The quantitative estimate of drug-likeness (QED) is 0.437. The second kappa shape index (κ2) is 8.71. The fraction of sp³-hybridized carbons (Fsp3) is 0.263. The van der Waals surface area contributed by atoms with E-state index in [0.717, 1.165) is 5.69 Å². The van der Waals surface area contributed by atoms with Crippen molar-refractivity contribution in [2.24, 2.45) is 5.92 Å². The lowest BCUT2D eigenvalue weighted by Crippen LogP contribution is -2.37. The first kappa shape index (κ1) is 20.9. The molecule has 0 bridgehead atoms. The van der Waals surface area contributed by atoms with Crippen LogP contribution in [0.4, 0.5) is 5.82 Å². The summed E-state index contributed by atoms with van der Waals surface area (Å²) in [5.74, 6) is -0.529. The highest BCUT2D eigenvalue weighted by molar-refractivity contribution is 7.99. The molecule has 2 aromatic heterocycles. The number of hydrogen-bond donors (Lipinski definition) is 2. The zero-order valence-electron chi connectivity index (χ0n) is 15.9. The van der Waals surface area contributed by atoms with Gasteiger partial charge in [-0.05, 0) is 30.2 Å². The molecule has 152 valence electrons. The number of nitrogens with one attached hydrogen (secondary N) is 1. The van der Waals surface area contributed by atoms with Crippen molar-refractivity contribution in [2.45, 2.75) is 25.5 Å². The van der Waals surface area contributed by atoms with Crippen molar-refractivity contribution in [1.29, 1.82) is 0 Å². The topological polar surface area (TPSA) is 116 Å². The summed E-state index contributed by atoms with van der Waals surface area (Å²) in [4.78, 5) is 43.4. The molecule has 0 amide bonds. The van der Waals surface area contributed by atoms with Gasteiger partial charge in [-0.2, -0.15) is 0 Å². The monoisotopic (exact) mass is 433 g/mol. The number of aromatic nitrogens is 4.